The summed E-state index contributed by atoms with van der Waals surface area (Å²) in [6.45, 7) is 2.07. The number of rotatable bonds is 3. The minimum Gasteiger partial charge on any atom is -0.336 e. The van der Waals surface area contributed by atoms with Crippen LogP contribution in [0.4, 0.5) is 0 Å². The molecule has 1 aliphatic heterocycles. The number of imidazole rings is 1. The summed E-state index contributed by atoms with van der Waals surface area (Å²) in [6.07, 6.45) is 7.04. The number of carbonyl (C=O) groups is 1. The number of nitrogens with one attached hydrogen (secondary N) is 1. The molecule has 4 rings (SSSR count). The van der Waals surface area contributed by atoms with E-state index in [1.165, 1.54) is 0 Å². The Bertz CT molecular complexity index is 953. The monoisotopic (exact) mass is 381 g/mol. The molecule has 2 aromatic heterocycles. The maximum absolute atomic E-state index is 13.3. The molecular weight excluding hydrogens is 362 g/mol. The van der Waals surface area contributed by atoms with Crippen LogP contribution in [0.1, 0.15) is 22.2 Å². The van der Waals surface area contributed by atoms with Crippen LogP contribution in [-0.2, 0) is 7.05 Å². The highest BCUT2D eigenvalue weighted by molar-refractivity contribution is 6.30. The molecule has 1 saturated heterocycles. The minimum absolute atomic E-state index is 0.0344. The summed E-state index contributed by atoms with van der Waals surface area (Å²) >= 11 is 5.97. The molecule has 0 aliphatic carbocycles. The molecule has 1 aromatic carbocycles. The Morgan fingerprint density at radius 1 is 1.22 bits per heavy atom. The summed E-state index contributed by atoms with van der Waals surface area (Å²) in [6, 6.07) is 9.29. The normalized spacial score (nSPS) is 17.1. The molecular formula is C20H20ClN5O. The van der Waals surface area contributed by atoms with Crippen molar-refractivity contribution in [2.45, 2.75) is 6.04 Å². The second kappa shape index (κ2) is 7.50. The first-order valence-corrected chi connectivity index (χ1v) is 9.21. The fourth-order valence-corrected chi connectivity index (χ4v) is 3.53. The lowest BCUT2D eigenvalue weighted by Gasteiger charge is -2.35. The van der Waals surface area contributed by atoms with E-state index in [4.69, 9.17) is 11.6 Å². The van der Waals surface area contributed by atoms with Crippen LogP contribution in [0.2, 0.25) is 5.02 Å². The topological polar surface area (TPSA) is 63.1 Å². The molecule has 3 heterocycles. The molecule has 7 heteroatoms. The highest BCUT2D eigenvalue weighted by Crippen LogP contribution is 2.25. The highest BCUT2D eigenvalue weighted by atomic mass is 35.5. The molecule has 0 radical (unpaired) electrons. The molecule has 1 unspecified atom stereocenters. The van der Waals surface area contributed by atoms with Crippen molar-refractivity contribution < 1.29 is 4.79 Å². The van der Waals surface area contributed by atoms with Crippen molar-refractivity contribution in [3.63, 3.8) is 0 Å². The number of aryl methyl sites for hydroxylation is 1. The Labute approximate surface area is 162 Å². The third kappa shape index (κ3) is 3.59. The first-order valence-electron chi connectivity index (χ1n) is 8.83. The molecule has 138 valence electrons. The summed E-state index contributed by atoms with van der Waals surface area (Å²) in [4.78, 5) is 23.9. The van der Waals surface area contributed by atoms with Crippen LogP contribution in [0, 0.1) is 0 Å². The van der Waals surface area contributed by atoms with E-state index in [-0.39, 0.29) is 11.9 Å². The predicted octanol–water partition coefficient (Wildman–Crippen LogP) is 2.92. The predicted molar refractivity (Wildman–Crippen MR) is 105 cm³/mol. The van der Waals surface area contributed by atoms with Gasteiger partial charge < -0.3 is 14.8 Å². The third-order valence-corrected chi connectivity index (χ3v) is 5.08. The fourth-order valence-electron chi connectivity index (χ4n) is 3.40. The number of hydrogen-bond donors (Lipinski definition) is 1. The lowest BCUT2D eigenvalue weighted by atomic mass is 10.0. The number of piperazine rings is 1. The maximum Gasteiger partial charge on any atom is 0.256 e. The van der Waals surface area contributed by atoms with Gasteiger partial charge >= 0.3 is 0 Å². The average Bonchev–Trinajstić information content (AvgIpc) is 3.14. The molecule has 6 nitrogen and oxygen atoms in total. The van der Waals surface area contributed by atoms with Crippen molar-refractivity contribution in [1.29, 1.82) is 0 Å². The van der Waals surface area contributed by atoms with Gasteiger partial charge in [-0.2, -0.15) is 0 Å². The minimum atomic E-state index is -0.106. The van der Waals surface area contributed by atoms with Gasteiger partial charge in [-0.15, -0.1) is 0 Å². The Morgan fingerprint density at radius 3 is 2.78 bits per heavy atom. The first kappa shape index (κ1) is 17.7. The number of halogens is 1. The number of aromatic nitrogens is 3. The van der Waals surface area contributed by atoms with Crippen molar-refractivity contribution >= 4 is 17.5 Å². The van der Waals surface area contributed by atoms with Crippen molar-refractivity contribution in [2.75, 3.05) is 19.6 Å². The zero-order valence-electron chi connectivity index (χ0n) is 15.0. The summed E-state index contributed by atoms with van der Waals surface area (Å²) < 4.78 is 1.96. The highest BCUT2D eigenvalue weighted by Gasteiger charge is 2.31. The Kier molecular flexibility index (Phi) is 4.92. The standard InChI is InChI=1S/C20H20ClN5O/c1-25-8-7-24-19(25)18-13-22-6-9-26(18)20(27)16-10-15(11-23-12-16)14-2-4-17(21)5-3-14/h2-5,7-8,10-12,18,22H,6,9,13H2,1H3. The number of nitrogens with zero attached hydrogens (tertiary/aromatic N) is 4. The van der Waals surface area contributed by atoms with Gasteiger partial charge in [0.25, 0.3) is 5.91 Å². The first-order chi connectivity index (χ1) is 13.1. The Hall–Kier alpha value is -2.70. The number of carbonyl (C=O) groups excluding carboxylic acids is 1. The van der Waals surface area contributed by atoms with Gasteiger partial charge in [0.2, 0.25) is 0 Å². The zero-order chi connectivity index (χ0) is 18.8. The lowest BCUT2D eigenvalue weighted by molar-refractivity contribution is 0.0620. The van der Waals surface area contributed by atoms with Crippen LogP contribution < -0.4 is 5.32 Å². The van der Waals surface area contributed by atoms with Crippen LogP contribution in [0.25, 0.3) is 11.1 Å². The molecule has 1 fully saturated rings. The molecule has 0 spiro atoms. The van der Waals surface area contributed by atoms with Crippen molar-refractivity contribution in [2.24, 2.45) is 7.05 Å². The summed E-state index contributed by atoms with van der Waals surface area (Å²) in [5.74, 6) is 0.838. The van der Waals surface area contributed by atoms with Gasteiger partial charge in [-0.05, 0) is 23.8 Å². The molecule has 1 aliphatic rings. The van der Waals surface area contributed by atoms with Crippen molar-refractivity contribution in [1.82, 2.24) is 24.8 Å². The van der Waals surface area contributed by atoms with Gasteiger partial charge in [0.05, 0.1) is 5.56 Å². The fraction of sp³-hybridized carbons (Fsp3) is 0.250. The van der Waals surface area contributed by atoms with E-state index in [0.717, 1.165) is 23.5 Å². The van der Waals surface area contributed by atoms with Gasteiger partial charge in [0.15, 0.2) is 0 Å². The van der Waals surface area contributed by atoms with E-state index in [1.807, 2.05) is 53.0 Å². The summed E-state index contributed by atoms with van der Waals surface area (Å²) in [5, 5.41) is 4.03. The van der Waals surface area contributed by atoms with E-state index >= 15 is 0 Å². The van der Waals surface area contributed by atoms with Crippen LogP contribution in [-0.4, -0.2) is 45.0 Å². The quantitative estimate of drug-likeness (QED) is 0.757. The van der Waals surface area contributed by atoms with E-state index in [2.05, 4.69) is 15.3 Å². The number of benzene rings is 1. The van der Waals surface area contributed by atoms with Crippen LogP contribution >= 0.6 is 11.6 Å². The third-order valence-electron chi connectivity index (χ3n) is 4.82. The second-order valence-electron chi connectivity index (χ2n) is 6.58. The van der Waals surface area contributed by atoms with Crippen LogP contribution in [0.15, 0.2) is 55.1 Å². The summed E-state index contributed by atoms with van der Waals surface area (Å²) in [5.41, 5.74) is 2.44. The number of hydrogen-bond acceptors (Lipinski definition) is 4. The maximum atomic E-state index is 13.3. The van der Waals surface area contributed by atoms with Gasteiger partial charge in [-0.3, -0.25) is 9.78 Å². The molecule has 27 heavy (non-hydrogen) atoms. The van der Waals surface area contributed by atoms with E-state index in [1.54, 1.807) is 18.6 Å². The van der Waals surface area contributed by atoms with Crippen molar-refractivity contribution in [3.8, 4) is 11.1 Å². The lowest BCUT2D eigenvalue weighted by Crippen LogP contribution is -2.49. The molecule has 1 amide bonds. The molecule has 0 bridgehead atoms. The summed E-state index contributed by atoms with van der Waals surface area (Å²) in [7, 11) is 1.95. The van der Waals surface area contributed by atoms with E-state index in [0.29, 0.717) is 23.7 Å². The van der Waals surface area contributed by atoms with Gasteiger partial charge in [0, 0.05) is 62.1 Å². The molecule has 1 N–H and O–H groups in total. The Balaban J connectivity index is 1.64. The van der Waals surface area contributed by atoms with Crippen molar-refractivity contribution in [3.05, 3.63) is 71.5 Å². The van der Waals surface area contributed by atoms with Gasteiger partial charge in [-0.25, -0.2) is 4.98 Å². The van der Waals surface area contributed by atoms with Gasteiger partial charge in [0.1, 0.15) is 11.9 Å². The number of amides is 1. The van der Waals surface area contributed by atoms with Gasteiger partial charge in [-0.1, -0.05) is 23.7 Å². The SMILES string of the molecule is Cn1ccnc1C1CNCCN1C(=O)c1cncc(-c2ccc(Cl)cc2)c1. The van der Waals surface area contributed by atoms with E-state index < -0.39 is 0 Å². The smallest absolute Gasteiger partial charge is 0.256 e. The van der Waals surface area contributed by atoms with E-state index in [9.17, 15) is 4.79 Å². The van der Waals surface area contributed by atoms with Crippen LogP contribution in [0.5, 0.6) is 0 Å². The second-order valence-corrected chi connectivity index (χ2v) is 7.02. The Morgan fingerprint density at radius 2 is 2.04 bits per heavy atom. The van der Waals surface area contributed by atoms with Crippen LogP contribution in [0.3, 0.4) is 0 Å². The molecule has 0 saturated carbocycles. The molecule has 1 atom stereocenters. The largest absolute Gasteiger partial charge is 0.336 e. The number of pyridine rings is 1. The zero-order valence-corrected chi connectivity index (χ0v) is 15.7. The average molecular weight is 382 g/mol. The molecule has 3 aromatic rings.